The maximum absolute atomic E-state index is 13.2. The van der Waals surface area contributed by atoms with Crippen LogP contribution in [0.1, 0.15) is 49.3 Å². The number of benzene rings is 2. The minimum Gasteiger partial charge on any atom is -0.629 e. The van der Waals surface area contributed by atoms with Gasteiger partial charge in [-0.3, -0.25) is 4.79 Å². The van der Waals surface area contributed by atoms with Gasteiger partial charge in [0.25, 0.3) is 0 Å². The van der Waals surface area contributed by atoms with Gasteiger partial charge in [0.2, 0.25) is 0 Å². The third-order valence-corrected chi connectivity index (χ3v) is 4.91. The number of carbonyl (C=O) groups excluding carboxylic acids is 1. The van der Waals surface area contributed by atoms with E-state index in [4.69, 9.17) is 5.11 Å². The lowest BCUT2D eigenvalue weighted by atomic mass is 9.88. The number of hydrogen-bond donors (Lipinski definition) is 1. The van der Waals surface area contributed by atoms with E-state index in [-0.39, 0.29) is 5.78 Å². The predicted octanol–water partition coefficient (Wildman–Crippen LogP) is 3.32. The Morgan fingerprint density at radius 2 is 1.42 bits per heavy atom. The van der Waals surface area contributed by atoms with Gasteiger partial charge in [-0.25, -0.2) is 0 Å². The summed E-state index contributed by atoms with van der Waals surface area (Å²) < 4.78 is 0. The average Bonchev–Trinajstić information content (AvgIpc) is 2.45. The number of hydrogen-bond acceptors (Lipinski definition) is 3. The zero-order valence-electron chi connectivity index (χ0n) is 14.8. The fraction of sp³-hybridized carbons (Fsp3) is 0.300. The molecule has 0 fully saturated rings. The molecule has 0 saturated carbocycles. The summed E-state index contributed by atoms with van der Waals surface area (Å²) in [4.78, 5) is 25.1. The van der Waals surface area contributed by atoms with Crippen LogP contribution >= 0.6 is 7.77 Å². The van der Waals surface area contributed by atoms with Gasteiger partial charge in [-0.15, -0.1) is 0 Å². The van der Waals surface area contributed by atoms with Crippen LogP contribution in [0, 0.1) is 34.6 Å². The van der Waals surface area contributed by atoms with Crippen LogP contribution in [-0.4, -0.2) is 23.0 Å². The Labute approximate surface area is 144 Å². The number of carbonyl (C=O) groups is 1. The molecular formula is C20H23O3P. The molecule has 1 N–H and O–H groups in total. The highest BCUT2D eigenvalue weighted by molar-refractivity contribution is 7.50. The van der Waals surface area contributed by atoms with Crippen molar-refractivity contribution in [3.63, 3.8) is 0 Å². The van der Waals surface area contributed by atoms with Crippen molar-refractivity contribution in [2.45, 2.75) is 34.6 Å². The van der Waals surface area contributed by atoms with E-state index in [9.17, 15) is 9.69 Å². The van der Waals surface area contributed by atoms with Gasteiger partial charge in [0, 0.05) is 16.7 Å². The molecule has 24 heavy (non-hydrogen) atoms. The van der Waals surface area contributed by atoms with E-state index in [0.29, 0.717) is 16.7 Å². The predicted molar refractivity (Wildman–Crippen MR) is 99.2 cm³/mol. The largest absolute Gasteiger partial charge is 0.629 e. The second-order valence-corrected chi connectivity index (χ2v) is 7.71. The molecule has 4 heteroatoms. The van der Waals surface area contributed by atoms with E-state index in [1.54, 1.807) is 0 Å². The molecule has 0 heterocycles. The van der Waals surface area contributed by atoms with Gasteiger partial charge in [0.05, 0.1) is 7.77 Å². The highest BCUT2D eigenvalue weighted by Gasteiger charge is 2.21. The molecule has 0 aliphatic heterocycles. The van der Waals surface area contributed by atoms with E-state index in [0.717, 1.165) is 27.8 Å². The van der Waals surface area contributed by atoms with Crippen molar-refractivity contribution in [1.29, 1.82) is 0 Å². The van der Waals surface area contributed by atoms with E-state index >= 15 is 0 Å². The van der Waals surface area contributed by atoms with Gasteiger partial charge >= 0.3 is 0 Å². The first-order valence-electron chi connectivity index (χ1n) is 7.88. The van der Waals surface area contributed by atoms with Gasteiger partial charge in [0.1, 0.15) is 5.80 Å². The quantitative estimate of drug-likeness (QED) is 0.685. The molecule has 0 spiro atoms. The van der Waals surface area contributed by atoms with Crippen LogP contribution in [0.3, 0.4) is 0 Å². The fourth-order valence-electron chi connectivity index (χ4n) is 3.27. The van der Waals surface area contributed by atoms with Gasteiger partial charge in [-0.05, 0) is 57.4 Å². The van der Waals surface area contributed by atoms with Crippen LogP contribution in [0.25, 0.3) is 0 Å². The number of rotatable bonds is 4. The molecule has 2 aromatic carbocycles. The minimum atomic E-state index is -1.88. The lowest BCUT2D eigenvalue weighted by Gasteiger charge is -2.14. The van der Waals surface area contributed by atoms with Crippen molar-refractivity contribution in [2.75, 3.05) is 6.35 Å². The Hall–Kier alpha value is -1.80. The second kappa shape index (κ2) is 7.40. The number of aryl methyl sites for hydroxylation is 5. The van der Waals surface area contributed by atoms with E-state index in [1.807, 2.05) is 58.9 Å². The molecular weight excluding hydrogens is 319 g/mol. The first-order chi connectivity index (χ1) is 11.2. The van der Waals surface area contributed by atoms with Crippen LogP contribution < -0.4 is 4.89 Å². The summed E-state index contributed by atoms with van der Waals surface area (Å²) in [6, 6.07) is 7.81. The Morgan fingerprint density at radius 3 is 1.92 bits per heavy atom. The van der Waals surface area contributed by atoms with Crippen LogP contribution in [0.5, 0.6) is 0 Å². The van der Waals surface area contributed by atoms with Gasteiger partial charge in [-0.2, -0.15) is 0 Å². The molecule has 2 aromatic rings. The summed E-state index contributed by atoms with van der Waals surface area (Å²) in [7, 11) is -1.88. The summed E-state index contributed by atoms with van der Waals surface area (Å²) in [6.07, 6.45) is -0.418. The summed E-state index contributed by atoms with van der Waals surface area (Å²) in [5, 5.41) is 9.10. The van der Waals surface area contributed by atoms with Crippen LogP contribution in [0.4, 0.5) is 0 Å². The third kappa shape index (κ3) is 3.81. The molecule has 126 valence electrons. The molecule has 2 rings (SSSR count). The molecule has 0 bridgehead atoms. The van der Waals surface area contributed by atoms with Crippen LogP contribution in [-0.2, 0) is 0 Å². The molecule has 0 aliphatic rings. The number of aliphatic hydroxyl groups is 1. The molecule has 0 aromatic heterocycles. The summed E-state index contributed by atoms with van der Waals surface area (Å²) in [5.41, 5.74) is 6.74. The molecule has 1 unspecified atom stereocenters. The molecule has 0 amide bonds. The SMILES string of the molecule is Cc1cc(C)c(C(=O)c2c(C)cc(C)cc2C=[P+]([O-])CO)c(C)c1. The van der Waals surface area contributed by atoms with Gasteiger partial charge in [-0.1, -0.05) is 29.3 Å². The van der Waals surface area contributed by atoms with E-state index in [1.165, 1.54) is 5.80 Å². The maximum Gasteiger partial charge on any atom is 0.198 e. The van der Waals surface area contributed by atoms with Crippen LogP contribution in [0.15, 0.2) is 24.3 Å². The standard InChI is InChI=1S/C20H23O3P/c1-12-6-14(3)18(15(4)7-12)20(22)19-16(5)8-13(2)9-17(19)10-24(23)11-21/h6-10,21H,11H2,1-5H3. The van der Waals surface area contributed by atoms with Crippen molar-refractivity contribution in [3.05, 3.63) is 68.8 Å². The lowest BCUT2D eigenvalue weighted by molar-refractivity contribution is -0.155. The molecule has 1 atom stereocenters. The first-order valence-corrected chi connectivity index (χ1v) is 9.39. The average molecular weight is 342 g/mol. The van der Waals surface area contributed by atoms with Crippen molar-refractivity contribution in [1.82, 2.24) is 0 Å². The highest BCUT2D eigenvalue weighted by atomic mass is 31.1. The fourth-order valence-corrected chi connectivity index (χ4v) is 3.87. The normalized spacial score (nSPS) is 11.7. The minimum absolute atomic E-state index is 0.0601. The Bertz CT molecular complexity index is 812. The van der Waals surface area contributed by atoms with Crippen molar-refractivity contribution < 1.29 is 14.8 Å². The van der Waals surface area contributed by atoms with E-state index < -0.39 is 14.1 Å². The maximum atomic E-state index is 13.2. The number of aliphatic hydroxyl groups excluding tert-OH is 1. The first kappa shape index (κ1) is 18.5. The topological polar surface area (TPSA) is 60.4 Å². The molecule has 3 nitrogen and oxygen atoms in total. The van der Waals surface area contributed by atoms with Crippen molar-refractivity contribution in [3.8, 4) is 0 Å². The zero-order valence-corrected chi connectivity index (χ0v) is 15.7. The Morgan fingerprint density at radius 1 is 0.958 bits per heavy atom. The molecule has 0 aliphatic carbocycles. The van der Waals surface area contributed by atoms with Crippen LogP contribution in [0.2, 0.25) is 0 Å². The molecule has 0 saturated heterocycles. The third-order valence-electron chi connectivity index (χ3n) is 4.06. The smallest absolute Gasteiger partial charge is 0.198 e. The zero-order chi connectivity index (χ0) is 18.0. The van der Waals surface area contributed by atoms with Crippen molar-refractivity contribution in [2.24, 2.45) is 0 Å². The van der Waals surface area contributed by atoms with Gasteiger partial charge < -0.3 is 10.00 Å². The Balaban J connectivity index is 2.71. The number of ketones is 1. The second-order valence-electron chi connectivity index (χ2n) is 6.34. The monoisotopic (exact) mass is 342 g/mol. The highest BCUT2D eigenvalue weighted by Crippen LogP contribution is 2.26. The lowest BCUT2D eigenvalue weighted by Crippen LogP contribution is -2.12. The van der Waals surface area contributed by atoms with E-state index in [2.05, 4.69) is 0 Å². The Kier molecular flexibility index (Phi) is 5.71. The summed E-state index contributed by atoms with van der Waals surface area (Å²) >= 11 is 0. The molecule has 0 radical (unpaired) electrons. The summed E-state index contributed by atoms with van der Waals surface area (Å²) in [5.74, 6) is 1.44. The summed E-state index contributed by atoms with van der Waals surface area (Å²) in [6.45, 7) is 9.72. The van der Waals surface area contributed by atoms with Gasteiger partial charge in [0.15, 0.2) is 12.1 Å². The van der Waals surface area contributed by atoms with Crippen molar-refractivity contribution >= 4 is 19.4 Å².